The molecule has 1 saturated carbocycles. The van der Waals surface area contributed by atoms with Crippen molar-refractivity contribution < 1.29 is 4.79 Å². The number of benzene rings is 1. The Hall–Kier alpha value is -1.73. The second-order valence-corrected chi connectivity index (χ2v) is 5.10. The first-order valence-corrected chi connectivity index (χ1v) is 6.78. The number of nitriles is 1. The molecular weight excluding hydrogens is 262 g/mol. The monoisotopic (exact) mass is 277 g/mol. The molecule has 4 nitrogen and oxygen atoms in total. The van der Waals surface area contributed by atoms with Crippen LogP contribution < -0.4 is 5.32 Å². The van der Waals surface area contributed by atoms with Gasteiger partial charge in [-0.3, -0.25) is 0 Å². The van der Waals surface area contributed by atoms with Crippen LogP contribution in [0, 0.1) is 11.3 Å². The van der Waals surface area contributed by atoms with Crippen LogP contribution in [0.1, 0.15) is 25.7 Å². The third-order valence-corrected chi connectivity index (χ3v) is 3.58. The summed E-state index contributed by atoms with van der Waals surface area (Å²) in [6.45, 7) is 0.122. The Morgan fingerprint density at radius 3 is 2.84 bits per heavy atom. The molecule has 0 radical (unpaired) electrons. The number of anilines is 1. The number of rotatable bonds is 3. The van der Waals surface area contributed by atoms with Crippen LogP contribution in [0.4, 0.5) is 10.5 Å². The zero-order chi connectivity index (χ0) is 13.7. The standard InChI is InChI=1S/C14H16ClN3O/c15-11-4-3-5-12(10-11)17-14(19)18(9-8-16)13-6-1-2-7-13/h3-5,10,13H,1-2,6-7,9H2,(H,17,19). The highest BCUT2D eigenvalue weighted by Gasteiger charge is 2.26. The highest BCUT2D eigenvalue weighted by Crippen LogP contribution is 2.24. The van der Waals surface area contributed by atoms with Gasteiger partial charge in [0.25, 0.3) is 0 Å². The maximum absolute atomic E-state index is 12.2. The van der Waals surface area contributed by atoms with E-state index in [1.165, 1.54) is 0 Å². The highest BCUT2D eigenvalue weighted by atomic mass is 35.5. The predicted octanol–water partition coefficient (Wildman–Crippen LogP) is 3.64. The molecule has 1 N–H and O–H groups in total. The first kappa shape index (κ1) is 13.7. The van der Waals surface area contributed by atoms with E-state index in [0.717, 1.165) is 25.7 Å². The summed E-state index contributed by atoms with van der Waals surface area (Å²) in [6, 6.07) is 9.02. The number of carbonyl (C=O) groups is 1. The van der Waals surface area contributed by atoms with Gasteiger partial charge in [-0.05, 0) is 31.0 Å². The lowest BCUT2D eigenvalue weighted by molar-refractivity contribution is 0.197. The molecule has 0 atom stereocenters. The molecule has 100 valence electrons. The fraction of sp³-hybridized carbons (Fsp3) is 0.429. The number of nitrogens with zero attached hydrogens (tertiary/aromatic N) is 2. The van der Waals surface area contributed by atoms with E-state index in [4.69, 9.17) is 16.9 Å². The normalized spacial score (nSPS) is 14.9. The average Bonchev–Trinajstić information content (AvgIpc) is 2.89. The fourth-order valence-corrected chi connectivity index (χ4v) is 2.61. The van der Waals surface area contributed by atoms with Gasteiger partial charge in [0.1, 0.15) is 6.54 Å². The van der Waals surface area contributed by atoms with Crippen LogP contribution in [0.5, 0.6) is 0 Å². The van der Waals surface area contributed by atoms with Gasteiger partial charge in [-0.2, -0.15) is 5.26 Å². The molecule has 1 aliphatic rings. The van der Waals surface area contributed by atoms with E-state index in [0.29, 0.717) is 10.7 Å². The molecule has 0 aromatic heterocycles. The topological polar surface area (TPSA) is 56.1 Å². The summed E-state index contributed by atoms with van der Waals surface area (Å²) in [5.41, 5.74) is 0.651. The second kappa shape index (κ2) is 6.44. The molecule has 5 heteroatoms. The number of hydrogen-bond acceptors (Lipinski definition) is 2. The van der Waals surface area contributed by atoms with Crippen LogP contribution >= 0.6 is 11.6 Å². The molecule has 0 saturated heterocycles. The number of carbonyl (C=O) groups excluding carboxylic acids is 1. The molecule has 1 aromatic carbocycles. The van der Waals surface area contributed by atoms with Crippen LogP contribution in [0.2, 0.25) is 5.02 Å². The average molecular weight is 278 g/mol. The molecule has 19 heavy (non-hydrogen) atoms. The first-order chi connectivity index (χ1) is 9.20. The summed E-state index contributed by atoms with van der Waals surface area (Å²) in [5.74, 6) is 0. The van der Waals surface area contributed by atoms with Gasteiger partial charge in [-0.1, -0.05) is 30.5 Å². The summed E-state index contributed by atoms with van der Waals surface area (Å²) in [5, 5.41) is 12.2. The van der Waals surface area contributed by atoms with Gasteiger partial charge in [-0.25, -0.2) is 4.79 Å². The zero-order valence-corrected chi connectivity index (χ0v) is 11.4. The van der Waals surface area contributed by atoms with Gasteiger partial charge < -0.3 is 10.2 Å². The lowest BCUT2D eigenvalue weighted by atomic mass is 10.2. The zero-order valence-electron chi connectivity index (χ0n) is 10.6. The molecule has 2 amide bonds. The van der Waals surface area contributed by atoms with Crippen LogP contribution in [0.3, 0.4) is 0 Å². The van der Waals surface area contributed by atoms with E-state index in [-0.39, 0.29) is 18.6 Å². The smallest absolute Gasteiger partial charge is 0.308 e. The number of nitrogens with one attached hydrogen (secondary N) is 1. The van der Waals surface area contributed by atoms with Crippen LogP contribution in [0.25, 0.3) is 0 Å². The molecule has 0 unspecified atom stereocenters. The number of halogens is 1. The molecule has 1 fully saturated rings. The van der Waals surface area contributed by atoms with Crippen molar-refractivity contribution in [2.75, 3.05) is 11.9 Å². The molecule has 0 heterocycles. The summed E-state index contributed by atoms with van der Waals surface area (Å²) in [7, 11) is 0. The number of hydrogen-bond donors (Lipinski definition) is 1. The molecule has 0 aliphatic heterocycles. The highest BCUT2D eigenvalue weighted by molar-refractivity contribution is 6.30. The number of amides is 2. The largest absolute Gasteiger partial charge is 0.322 e. The van der Waals surface area contributed by atoms with Gasteiger partial charge in [0.2, 0.25) is 0 Å². The molecule has 2 rings (SSSR count). The van der Waals surface area contributed by atoms with Crippen molar-refractivity contribution in [3.8, 4) is 6.07 Å². The Morgan fingerprint density at radius 2 is 2.21 bits per heavy atom. The Kier molecular flexibility index (Phi) is 4.64. The van der Waals surface area contributed by atoms with Crippen molar-refractivity contribution in [1.82, 2.24) is 4.90 Å². The van der Waals surface area contributed by atoms with E-state index >= 15 is 0 Å². The first-order valence-electron chi connectivity index (χ1n) is 6.41. The fourth-order valence-electron chi connectivity index (χ4n) is 2.42. The third-order valence-electron chi connectivity index (χ3n) is 3.34. The quantitative estimate of drug-likeness (QED) is 0.858. The van der Waals surface area contributed by atoms with Gasteiger partial charge >= 0.3 is 6.03 Å². The Morgan fingerprint density at radius 1 is 1.47 bits per heavy atom. The second-order valence-electron chi connectivity index (χ2n) is 4.66. The SMILES string of the molecule is N#CCN(C(=O)Nc1cccc(Cl)c1)C1CCCC1. The lowest BCUT2D eigenvalue weighted by Gasteiger charge is -2.26. The molecular formula is C14H16ClN3O. The van der Waals surface area contributed by atoms with Crippen molar-refractivity contribution >= 4 is 23.3 Å². The minimum atomic E-state index is -0.226. The van der Waals surface area contributed by atoms with Crippen molar-refractivity contribution in [1.29, 1.82) is 5.26 Å². The summed E-state index contributed by atoms with van der Waals surface area (Å²) < 4.78 is 0. The molecule has 1 aromatic rings. The van der Waals surface area contributed by atoms with Crippen molar-refractivity contribution in [3.63, 3.8) is 0 Å². The van der Waals surface area contributed by atoms with Crippen LogP contribution in [-0.2, 0) is 0 Å². The Balaban J connectivity index is 2.05. The maximum Gasteiger partial charge on any atom is 0.322 e. The van der Waals surface area contributed by atoms with E-state index in [1.807, 2.05) is 0 Å². The molecule has 0 spiro atoms. The Bertz CT molecular complexity index is 492. The van der Waals surface area contributed by atoms with Gasteiger partial charge in [0.05, 0.1) is 6.07 Å². The molecule has 1 aliphatic carbocycles. The van der Waals surface area contributed by atoms with Gasteiger partial charge in [-0.15, -0.1) is 0 Å². The van der Waals surface area contributed by atoms with Crippen molar-refractivity contribution in [2.45, 2.75) is 31.7 Å². The van der Waals surface area contributed by atoms with E-state index < -0.39 is 0 Å². The van der Waals surface area contributed by atoms with E-state index in [2.05, 4.69) is 11.4 Å². The minimum Gasteiger partial charge on any atom is -0.308 e. The number of urea groups is 1. The Labute approximate surface area is 118 Å². The van der Waals surface area contributed by atoms with Crippen molar-refractivity contribution in [2.24, 2.45) is 0 Å². The van der Waals surface area contributed by atoms with Crippen LogP contribution in [0.15, 0.2) is 24.3 Å². The summed E-state index contributed by atoms with van der Waals surface area (Å²) in [6.07, 6.45) is 4.20. The summed E-state index contributed by atoms with van der Waals surface area (Å²) >= 11 is 5.88. The summed E-state index contributed by atoms with van der Waals surface area (Å²) in [4.78, 5) is 13.8. The van der Waals surface area contributed by atoms with E-state index in [1.54, 1.807) is 29.2 Å². The predicted molar refractivity (Wildman–Crippen MR) is 75.0 cm³/mol. The minimum absolute atomic E-state index is 0.122. The lowest BCUT2D eigenvalue weighted by Crippen LogP contribution is -2.41. The van der Waals surface area contributed by atoms with E-state index in [9.17, 15) is 4.79 Å². The van der Waals surface area contributed by atoms with Gasteiger partial charge in [0.15, 0.2) is 0 Å². The van der Waals surface area contributed by atoms with Crippen LogP contribution in [-0.4, -0.2) is 23.5 Å². The molecule has 0 bridgehead atoms. The van der Waals surface area contributed by atoms with Crippen molar-refractivity contribution in [3.05, 3.63) is 29.3 Å². The third kappa shape index (κ3) is 3.62. The maximum atomic E-state index is 12.2. The van der Waals surface area contributed by atoms with Gasteiger partial charge in [0, 0.05) is 16.8 Å².